The summed E-state index contributed by atoms with van der Waals surface area (Å²) in [5.74, 6) is 1.37. The van der Waals surface area contributed by atoms with Crippen LogP contribution in [-0.4, -0.2) is 20.1 Å². The van der Waals surface area contributed by atoms with Gasteiger partial charge in [-0.1, -0.05) is 6.07 Å². The number of amides is 1. The number of hydrogen-bond donors (Lipinski definition) is 1. The second-order valence-corrected chi connectivity index (χ2v) is 5.24. The van der Waals surface area contributed by atoms with E-state index >= 15 is 0 Å². The average Bonchev–Trinajstić information content (AvgIpc) is 2.98. The van der Waals surface area contributed by atoms with Gasteiger partial charge >= 0.3 is 0 Å². The molecule has 0 radical (unpaired) electrons. The lowest BCUT2D eigenvalue weighted by Gasteiger charge is -2.10. The van der Waals surface area contributed by atoms with Crippen molar-refractivity contribution < 1.29 is 14.3 Å². The maximum absolute atomic E-state index is 12.0. The van der Waals surface area contributed by atoms with Gasteiger partial charge in [-0.15, -0.1) is 11.3 Å². The SMILES string of the molecule is COc1ccc(OC)c(CC(=O)NCc2cccs2)c1. The smallest absolute Gasteiger partial charge is 0.224 e. The molecule has 0 aliphatic rings. The Morgan fingerprint density at radius 3 is 2.75 bits per heavy atom. The molecule has 4 nitrogen and oxygen atoms in total. The summed E-state index contributed by atoms with van der Waals surface area (Å²) in [4.78, 5) is 13.1. The third-order valence-corrected chi connectivity index (χ3v) is 3.75. The summed E-state index contributed by atoms with van der Waals surface area (Å²) < 4.78 is 10.4. The van der Waals surface area contributed by atoms with Crippen LogP contribution in [0.4, 0.5) is 0 Å². The van der Waals surface area contributed by atoms with Gasteiger partial charge in [0.25, 0.3) is 0 Å². The van der Waals surface area contributed by atoms with Gasteiger partial charge in [-0.2, -0.15) is 0 Å². The minimum atomic E-state index is -0.0371. The standard InChI is InChI=1S/C15H17NO3S/c1-18-12-5-6-14(19-2)11(8-12)9-15(17)16-10-13-4-3-7-20-13/h3-8H,9-10H2,1-2H3,(H,16,17). The van der Waals surface area contributed by atoms with Crippen molar-refractivity contribution >= 4 is 17.2 Å². The number of benzene rings is 1. The third-order valence-electron chi connectivity index (χ3n) is 2.88. The van der Waals surface area contributed by atoms with E-state index < -0.39 is 0 Å². The van der Waals surface area contributed by atoms with Crippen LogP contribution in [0.2, 0.25) is 0 Å². The van der Waals surface area contributed by atoms with E-state index in [2.05, 4.69) is 5.32 Å². The third kappa shape index (κ3) is 3.74. The number of ether oxygens (including phenoxy) is 2. The molecule has 2 rings (SSSR count). The van der Waals surface area contributed by atoms with E-state index in [9.17, 15) is 4.79 Å². The molecule has 1 aromatic heterocycles. The molecule has 0 aliphatic carbocycles. The van der Waals surface area contributed by atoms with Crippen LogP contribution < -0.4 is 14.8 Å². The van der Waals surface area contributed by atoms with Crippen LogP contribution in [0.5, 0.6) is 11.5 Å². The Kier molecular flexibility index (Phi) is 5.01. The van der Waals surface area contributed by atoms with Gasteiger partial charge in [-0.3, -0.25) is 4.79 Å². The lowest BCUT2D eigenvalue weighted by molar-refractivity contribution is -0.120. The molecule has 0 bridgehead atoms. The number of methoxy groups -OCH3 is 2. The number of nitrogens with one attached hydrogen (secondary N) is 1. The molecule has 0 spiro atoms. The molecule has 0 unspecified atom stereocenters. The molecule has 1 heterocycles. The first kappa shape index (κ1) is 14.4. The van der Waals surface area contributed by atoms with Crippen LogP contribution in [0, 0.1) is 0 Å². The minimum absolute atomic E-state index is 0.0371. The van der Waals surface area contributed by atoms with Crippen molar-refractivity contribution in [3.05, 3.63) is 46.2 Å². The lowest BCUT2D eigenvalue weighted by Crippen LogP contribution is -2.24. The van der Waals surface area contributed by atoms with Crippen molar-refractivity contribution in [3.63, 3.8) is 0 Å². The summed E-state index contributed by atoms with van der Waals surface area (Å²) in [5, 5.41) is 4.89. The Hall–Kier alpha value is -2.01. The van der Waals surface area contributed by atoms with Crippen molar-refractivity contribution in [3.8, 4) is 11.5 Å². The Bertz CT molecular complexity index is 567. The summed E-state index contributed by atoms with van der Waals surface area (Å²) in [6, 6.07) is 9.41. The van der Waals surface area contributed by atoms with Gasteiger partial charge in [0.15, 0.2) is 0 Å². The molecule has 1 amide bonds. The van der Waals surface area contributed by atoms with E-state index in [1.807, 2.05) is 29.6 Å². The highest BCUT2D eigenvalue weighted by Crippen LogP contribution is 2.24. The van der Waals surface area contributed by atoms with Crippen LogP contribution in [0.15, 0.2) is 35.7 Å². The Balaban J connectivity index is 1.99. The second-order valence-electron chi connectivity index (χ2n) is 4.21. The van der Waals surface area contributed by atoms with E-state index in [0.29, 0.717) is 18.0 Å². The Morgan fingerprint density at radius 2 is 2.10 bits per heavy atom. The fraction of sp³-hybridized carbons (Fsp3) is 0.267. The first-order valence-corrected chi connectivity index (χ1v) is 7.11. The van der Waals surface area contributed by atoms with Crippen LogP contribution >= 0.6 is 11.3 Å². The normalized spacial score (nSPS) is 10.1. The fourth-order valence-corrected chi connectivity index (χ4v) is 2.50. The first-order chi connectivity index (χ1) is 9.72. The van der Waals surface area contributed by atoms with Gasteiger partial charge in [-0.05, 0) is 29.6 Å². The van der Waals surface area contributed by atoms with Crippen LogP contribution in [-0.2, 0) is 17.8 Å². The summed E-state index contributed by atoms with van der Waals surface area (Å²) >= 11 is 1.63. The molecule has 5 heteroatoms. The summed E-state index contributed by atoms with van der Waals surface area (Å²) in [6.45, 7) is 0.558. The van der Waals surface area contributed by atoms with E-state index in [4.69, 9.17) is 9.47 Å². The second kappa shape index (κ2) is 6.96. The van der Waals surface area contributed by atoms with Crippen molar-refractivity contribution in [2.75, 3.05) is 14.2 Å². The summed E-state index contributed by atoms with van der Waals surface area (Å²) in [5.41, 5.74) is 0.815. The molecule has 0 atom stereocenters. The maximum Gasteiger partial charge on any atom is 0.224 e. The zero-order chi connectivity index (χ0) is 14.4. The highest BCUT2D eigenvalue weighted by atomic mass is 32.1. The molecular weight excluding hydrogens is 274 g/mol. The minimum Gasteiger partial charge on any atom is -0.497 e. The number of hydrogen-bond acceptors (Lipinski definition) is 4. The van der Waals surface area contributed by atoms with Gasteiger partial charge in [0, 0.05) is 10.4 Å². The largest absolute Gasteiger partial charge is 0.497 e. The topological polar surface area (TPSA) is 47.6 Å². The molecule has 0 saturated heterocycles. The van der Waals surface area contributed by atoms with E-state index in [1.165, 1.54) is 0 Å². The van der Waals surface area contributed by atoms with Crippen LogP contribution in [0.3, 0.4) is 0 Å². The highest BCUT2D eigenvalue weighted by molar-refractivity contribution is 7.09. The molecule has 0 fully saturated rings. The Labute approximate surface area is 122 Å². The van der Waals surface area contributed by atoms with Crippen molar-refractivity contribution in [1.82, 2.24) is 5.32 Å². The maximum atomic E-state index is 12.0. The highest BCUT2D eigenvalue weighted by Gasteiger charge is 2.10. The van der Waals surface area contributed by atoms with Gasteiger partial charge < -0.3 is 14.8 Å². The van der Waals surface area contributed by atoms with Crippen molar-refractivity contribution in [1.29, 1.82) is 0 Å². The summed E-state index contributed by atoms with van der Waals surface area (Å²) in [6.07, 6.45) is 0.270. The van der Waals surface area contributed by atoms with Crippen LogP contribution in [0.25, 0.3) is 0 Å². The molecule has 2 aromatic rings. The van der Waals surface area contributed by atoms with Gasteiger partial charge in [0.1, 0.15) is 11.5 Å². The van der Waals surface area contributed by atoms with Gasteiger partial charge in [-0.25, -0.2) is 0 Å². The monoisotopic (exact) mass is 291 g/mol. The average molecular weight is 291 g/mol. The molecule has 1 aromatic carbocycles. The molecule has 0 aliphatic heterocycles. The van der Waals surface area contributed by atoms with Gasteiger partial charge in [0.05, 0.1) is 27.2 Å². The number of carbonyl (C=O) groups is 1. The zero-order valence-corrected chi connectivity index (χ0v) is 12.3. The number of carbonyl (C=O) groups excluding carboxylic acids is 1. The molecule has 106 valence electrons. The predicted molar refractivity (Wildman–Crippen MR) is 79.4 cm³/mol. The lowest BCUT2D eigenvalue weighted by atomic mass is 10.1. The molecule has 1 N–H and O–H groups in total. The number of thiophene rings is 1. The molecule has 20 heavy (non-hydrogen) atoms. The van der Waals surface area contributed by atoms with Crippen molar-refractivity contribution in [2.24, 2.45) is 0 Å². The van der Waals surface area contributed by atoms with E-state index in [1.54, 1.807) is 31.6 Å². The fourth-order valence-electron chi connectivity index (χ4n) is 1.85. The zero-order valence-electron chi connectivity index (χ0n) is 11.5. The number of rotatable bonds is 6. The van der Waals surface area contributed by atoms with Gasteiger partial charge in [0.2, 0.25) is 5.91 Å². The van der Waals surface area contributed by atoms with Crippen LogP contribution in [0.1, 0.15) is 10.4 Å². The van der Waals surface area contributed by atoms with E-state index in [0.717, 1.165) is 10.4 Å². The quantitative estimate of drug-likeness (QED) is 0.890. The summed E-state index contributed by atoms with van der Waals surface area (Å²) in [7, 11) is 3.19. The predicted octanol–water partition coefficient (Wildman–Crippen LogP) is 2.62. The molecular formula is C15H17NO3S. The molecule has 0 saturated carbocycles. The van der Waals surface area contributed by atoms with Crippen molar-refractivity contribution in [2.45, 2.75) is 13.0 Å². The first-order valence-electron chi connectivity index (χ1n) is 6.23. The van der Waals surface area contributed by atoms with E-state index in [-0.39, 0.29) is 12.3 Å². The Morgan fingerprint density at radius 1 is 1.25 bits per heavy atom.